The maximum absolute atomic E-state index is 5.88. The SMILES string of the molecule is NCC1CCCC1n1cncc1-c1ccncc1. The van der Waals surface area contributed by atoms with Gasteiger partial charge >= 0.3 is 0 Å². The van der Waals surface area contributed by atoms with Gasteiger partial charge in [-0.15, -0.1) is 0 Å². The number of hydrogen-bond acceptors (Lipinski definition) is 3. The molecule has 2 N–H and O–H groups in total. The van der Waals surface area contributed by atoms with Gasteiger partial charge in [0.1, 0.15) is 0 Å². The van der Waals surface area contributed by atoms with E-state index in [1.165, 1.54) is 30.5 Å². The summed E-state index contributed by atoms with van der Waals surface area (Å²) < 4.78 is 2.29. The molecule has 0 aliphatic heterocycles. The zero-order valence-electron chi connectivity index (χ0n) is 10.4. The quantitative estimate of drug-likeness (QED) is 0.898. The molecule has 0 aromatic carbocycles. The molecule has 0 spiro atoms. The first kappa shape index (κ1) is 11.4. The third kappa shape index (κ3) is 1.93. The average Bonchev–Trinajstić information content (AvgIpc) is 3.07. The molecular formula is C14H18N4. The van der Waals surface area contributed by atoms with Crippen LogP contribution in [0, 0.1) is 5.92 Å². The summed E-state index contributed by atoms with van der Waals surface area (Å²) >= 11 is 0. The Morgan fingerprint density at radius 2 is 2.06 bits per heavy atom. The third-order valence-electron chi connectivity index (χ3n) is 3.92. The van der Waals surface area contributed by atoms with Crippen molar-refractivity contribution >= 4 is 0 Å². The molecule has 1 aliphatic rings. The fraction of sp³-hybridized carbons (Fsp3) is 0.429. The van der Waals surface area contributed by atoms with Gasteiger partial charge in [0.15, 0.2) is 0 Å². The van der Waals surface area contributed by atoms with E-state index in [2.05, 4.69) is 14.5 Å². The zero-order valence-corrected chi connectivity index (χ0v) is 10.4. The van der Waals surface area contributed by atoms with Crippen molar-refractivity contribution < 1.29 is 0 Å². The summed E-state index contributed by atoms with van der Waals surface area (Å²) in [4.78, 5) is 8.38. The number of nitrogens with two attached hydrogens (primary N) is 1. The van der Waals surface area contributed by atoms with Crippen LogP contribution in [0.4, 0.5) is 0 Å². The molecule has 0 bridgehead atoms. The number of nitrogens with zero attached hydrogens (tertiary/aromatic N) is 3. The Bertz CT molecular complexity index is 506. The van der Waals surface area contributed by atoms with Crippen molar-refractivity contribution in [1.82, 2.24) is 14.5 Å². The van der Waals surface area contributed by atoms with Gasteiger partial charge in [-0.1, -0.05) is 6.42 Å². The summed E-state index contributed by atoms with van der Waals surface area (Å²) in [6.07, 6.45) is 11.2. The summed E-state index contributed by atoms with van der Waals surface area (Å²) in [6.45, 7) is 0.763. The molecule has 18 heavy (non-hydrogen) atoms. The Balaban J connectivity index is 1.97. The smallest absolute Gasteiger partial charge is 0.0953 e. The second kappa shape index (κ2) is 4.90. The lowest BCUT2D eigenvalue weighted by atomic mass is 10.0. The highest BCUT2D eigenvalue weighted by Gasteiger charge is 2.28. The Morgan fingerprint density at radius 3 is 2.83 bits per heavy atom. The first-order valence-corrected chi connectivity index (χ1v) is 6.52. The second-order valence-electron chi connectivity index (χ2n) is 4.92. The topological polar surface area (TPSA) is 56.7 Å². The van der Waals surface area contributed by atoms with Crippen molar-refractivity contribution in [3.8, 4) is 11.3 Å². The molecule has 1 fully saturated rings. The van der Waals surface area contributed by atoms with Crippen molar-refractivity contribution in [1.29, 1.82) is 0 Å². The second-order valence-corrected chi connectivity index (χ2v) is 4.92. The molecular weight excluding hydrogens is 224 g/mol. The maximum atomic E-state index is 5.88. The van der Waals surface area contributed by atoms with Gasteiger partial charge < -0.3 is 10.3 Å². The Kier molecular flexibility index (Phi) is 3.11. The summed E-state index contributed by atoms with van der Waals surface area (Å²) in [5, 5.41) is 0. The van der Waals surface area contributed by atoms with Crippen LogP contribution in [-0.2, 0) is 0 Å². The van der Waals surface area contributed by atoms with Crippen LogP contribution in [0.1, 0.15) is 25.3 Å². The van der Waals surface area contributed by atoms with Crippen molar-refractivity contribution in [2.75, 3.05) is 6.54 Å². The van der Waals surface area contributed by atoms with E-state index >= 15 is 0 Å². The highest BCUT2D eigenvalue weighted by Crippen LogP contribution is 2.37. The van der Waals surface area contributed by atoms with E-state index in [1.807, 2.05) is 37.1 Å². The number of imidazole rings is 1. The predicted molar refractivity (Wildman–Crippen MR) is 70.9 cm³/mol. The molecule has 0 radical (unpaired) electrons. The van der Waals surface area contributed by atoms with Crippen LogP contribution in [0.15, 0.2) is 37.1 Å². The van der Waals surface area contributed by atoms with Gasteiger partial charge in [-0.05, 0) is 37.4 Å². The normalized spacial score (nSPS) is 23.4. The fourth-order valence-corrected chi connectivity index (χ4v) is 2.97. The molecule has 4 heteroatoms. The first-order chi connectivity index (χ1) is 8.90. The van der Waals surface area contributed by atoms with Gasteiger partial charge in [-0.25, -0.2) is 4.98 Å². The maximum Gasteiger partial charge on any atom is 0.0953 e. The molecule has 94 valence electrons. The molecule has 2 unspecified atom stereocenters. The van der Waals surface area contributed by atoms with Gasteiger partial charge in [0.2, 0.25) is 0 Å². The minimum Gasteiger partial charge on any atom is -0.330 e. The van der Waals surface area contributed by atoms with Gasteiger partial charge in [0.25, 0.3) is 0 Å². The van der Waals surface area contributed by atoms with E-state index in [1.54, 1.807) is 0 Å². The summed E-state index contributed by atoms with van der Waals surface area (Å²) in [5.41, 5.74) is 8.22. The third-order valence-corrected chi connectivity index (χ3v) is 3.92. The largest absolute Gasteiger partial charge is 0.330 e. The molecule has 1 aliphatic carbocycles. The lowest BCUT2D eigenvalue weighted by Gasteiger charge is -2.21. The molecule has 2 aromatic rings. The summed E-state index contributed by atoms with van der Waals surface area (Å²) in [6, 6.07) is 4.56. The van der Waals surface area contributed by atoms with Gasteiger partial charge in [0.05, 0.1) is 18.2 Å². The molecule has 0 saturated heterocycles. The van der Waals surface area contributed by atoms with E-state index < -0.39 is 0 Å². The van der Waals surface area contributed by atoms with Crippen LogP contribution in [-0.4, -0.2) is 21.1 Å². The first-order valence-electron chi connectivity index (χ1n) is 6.52. The zero-order chi connectivity index (χ0) is 12.4. The number of aromatic nitrogens is 3. The van der Waals surface area contributed by atoms with Crippen LogP contribution in [0.3, 0.4) is 0 Å². The molecule has 4 nitrogen and oxygen atoms in total. The van der Waals surface area contributed by atoms with Gasteiger partial charge in [-0.2, -0.15) is 0 Å². The molecule has 2 aromatic heterocycles. The van der Waals surface area contributed by atoms with Crippen LogP contribution >= 0.6 is 0 Å². The van der Waals surface area contributed by atoms with Crippen molar-refractivity contribution in [3.63, 3.8) is 0 Å². The van der Waals surface area contributed by atoms with Crippen LogP contribution in [0.5, 0.6) is 0 Å². The molecule has 1 saturated carbocycles. The van der Waals surface area contributed by atoms with Crippen LogP contribution < -0.4 is 5.73 Å². The lowest BCUT2D eigenvalue weighted by molar-refractivity contribution is 0.390. The van der Waals surface area contributed by atoms with E-state index in [4.69, 9.17) is 5.73 Å². The molecule has 3 rings (SSSR count). The fourth-order valence-electron chi connectivity index (χ4n) is 2.97. The monoisotopic (exact) mass is 242 g/mol. The lowest BCUT2D eigenvalue weighted by Crippen LogP contribution is -2.21. The molecule has 2 heterocycles. The highest BCUT2D eigenvalue weighted by atomic mass is 15.1. The minimum atomic E-state index is 0.501. The van der Waals surface area contributed by atoms with Crippen LogP contribution in [0.25, 0.3) is 11.3 Å². The van der Waals surface area contributed by atoms with E-state index in [0.717, 1.165) is 6.54 Å². The Hall–Kier alpha value is -1.68. The van der Waals surface area contributed by atoms with Crippen molar-refractivity contribution in [2.45, 2.75) is 25.3 Å². The highest BCUT2D eigenvalue weighted by molar-refractivity contribution is 5.58. The number of pyridine rings is 1. The summed E-state index contributed by atoms with van der Waals surface area (Å²) in [5.74, 6) is 0.583. The van der Waals surface area contributed by atoms with Crippen molar-refractivity contribution in [2.24, 2.45) is 11.7 Å². The van der Waals surface area contributed by atoms with Crippen LogP contribution in [0.2, 0.25) is 0 Å². The predicted octanol–water partition coefficient (Wildman–Crippen LogP) is 2.25. The number of rotatable bonds is 3. The van der Waals surface area contributed by atoms with E-state index in [0.29, 0.717) is 12.0 Å². The van der Waals surface area contributed by atoms with E-state index in [9.17, 15) is 0 Å². The Morgan fingerprint density at radius 1 is 1.22 bits per heavy atom. The number of hydrogen-bond donors (Lipinski definition) is 1. The molecule has 0 amide bonds. The molecule has 2 atom stereocenters. The Labute approximate surface area is 107 Å². The van der Waals surface area contributed by atoms with Crippen molar-refractivity contribution in [3.05, 3.63) is 37.1 Å². The van der Waals surface area contributed by atoms with E-state index in [-0.39, 0.29) is 0 Å². The van der Waals surface area contributed by atoms with Gasteiger partial charge in [-0.3, -0.25) is 4.98 Å². The summed E-state index contributed by atoms with van der Waals surface area (Å²) in [7, 11) is 0. The standard InChI is InChI=1S/C14H18N4/c15-8-12-2-1-3-13(12)18-10-17-9-14(18)11-4-6-16-7-5-11/h4-7,9-10,12-13H,1-3,8,15H2. The minimum absolute atomic E-state index is 0.501. The van der Waals surface area contributed by atoms with Gasteiger partial charge in [0, 0.05) is 24.0 Å². The average molecular weight is 242 g/mol.